The number of hydrogen-bond acceptors (Lipinski definition) is 3. The van der Waals surface area contributed by atoms with Crippen molar-refractivity contribution < 1.29 is 4.79 Å². The van der Waals surface area contributed by atoms with E-state index >= 15 is 0 Å². The van der Waals surface area contributed by atoms with Crippen LogP contribution < -0.4 is 5.73 Å². The highest BCUT2D eigenvalue weighted by Gasteiger charge is 2.07. The number of nitrogens with two attached hydrogens (primary N) is 1. The van der Waals surface area contributed by atoms with Gasteiger partial charge in [-0.1, -0.05) is 0 Å². The Hall–Kier alpha value is -0.840. The molecule has 0 aliphatic heterocycles. The van der Waals surface area contributed by atoms with Crippen molar-refractivity contribution >= 4 is 52.1 Å². The fourth-order valence-electron chi connectivity index (χ4n) is 1.07. The molecule has 0 saturated heterocycles. The van der Waals surface area contributed by atoms with Crippen LogP contribution in [0.25, 0.3) is 10.1 Å². The molecule has 6 heteroatoms. The number of aromatic nitrogens is 1. The van der Waals surface area contributed by atoms with Crippen LogP contribution in [0.1, 0.15) is 10.4 Å². The molecule has 0 fully saturated rings. The lowest BCUT2D eigenvalue weighted by molar-refractivity contribution is 0.100. The number of amides is 1. The summed E-state index contributed by atoms with van der Waals surface area (Å²) in [5, 5.41) is 2.65. The Morgan fingerprint density at radius 2 is 2.14 bits per heavy atom. The van der Waals surface area contributed by atoms with E-state index in [1.165, 1.54) is 11.3 Å². The van der Waals surface area contributed by atoms with E-state index in [9.17, 15) is 4.79 Å². The maximum Gasteiger partial charge on any atom is 0.250 e. The Balaban J connectivity index is 0.000000845. The van der Waals surface area contributed by atoms with Crippen LogP contribution in [-0.2, 0) is 0 Å². The van der Waals surface area contributed by atoms with Crippen molar-refractivity contribution in [3.63, 3.8) is 0 Å². The maximum absolute atomic E-state index is 10.9. The minimum atomic E-state index is -0.382. The Morgan fingerprint density at radius 1 is 1.43 bits per heavy atom. The lowest BCUT2D eigenvalue weighted by atomic mass is 10.2. The molecule has 3 nitrogen and oxygen atoms in total. The molecule has 2 heterocycles. The van der Waals surface area contributed by atoms with Crippen LogP contribution in [0.5, 0.6) is 0 Å². The molecule has 14 heavy (non-hydrogen) atoms. The number of pyridine rings is 1. The van der Waals surface area contributed by atoms with Crippen LogP contribution in [-0.4, -0.2) is 10.9 Å². The number of carbonyl (C=O) groups is 1. The molecule has 1 amide bonds. The minimum absolute atomic E-state index is 0. The molecule has 0 aliphatic rings. The Labute approximate surface area is 97.1 Å². The molecule has 2 aromatic heterocycles. The van der Waals surface area contributed by atoms with Crippen molar-refractivity contribution in [3.8, 4) is 0 Å². The van der Waals surface area contributed by atoms with E-state index in [1.807, 2.05) is 0 Å². The quantitative estimate of drug-likeness (QED) is 0.844. The van der Waals surface area contributed by atoms with E-state index in [4.69, 9.17) is 5.73 Å². The second kappa shape index (κ2) is 5.14. The molecule has 0 aromatic carbocycles. The maximum atomic E-state index is 10.9. The first-order valence-electron chi connectivity index (χ1n) is 3.40. The van der Waals surface area contributed by atoms with E-state index in [0.29, 0.717) is 5.56 Å². The van der Waals surface area contributed by atoms with E-state index in [0.717, 1.165) is 10.1 Å². The van der Waals surface area contributed by atoms with Crippen molar-refractivity contribution in [3.05, 3.63) is 29.4 Å². The molecular weight excluding hydrogens is 243 g/mol. The lowest BCUT2D eigenvalue weighted by Crippen LogP contribution is -2.09. The van der Waals surface area contributed by atoms with Gasteiger partial charge < -0.3 is 5.73 Å². The first kappa shape index (κ1) is 13.2. The van der Waals surface area contributed by atoms with Crippen molar-refractivity contribution in [2.24, 2.45) is 5.73 Å². The second-order valence-corrected chi connectivity index (χ2v) is 3.30. The molecule has 0 aliphatic carbocycles. The summed E-state index contributed by atoms with van der Waals surface area (Å²) in [6, 6.07) is 1.80. The Kier molecular flexibility index (Phi) is 4.83. The number of thiophene rings is 1. The van der Waals surface area contributed by atoms with Crippen LogP contribution in [0, 0.1) is 0 Å². The molecule has 0 saturated carbocycles. The monoisotopic (exact) mass is 250 g/mol. The normalized spacial score (nSPS) is 8.86. The average Bonchev–Trinajstić information content (AvgIpc) is 2.47. The highest BCUT2D eigenvalue weighted by molar-refractivity contribution is 7.17. The topological polar surface area (TPSA) is 56.0 Å². The highest BCUT2D eigenvalue weighted by Crippen LogP contribution is 2.23. The molecule has 0 radical (unpaired) electrons. The van der Waals surface area contributed by atoms with E-state index in [-0.39, 0.29) is 30.7 Å². The first-order chi connectivity index (χ1) is 5.79. The summed E-state index contributed by atoms with van der Waals surface area (Å²) < 4.78 is 0.992. The molecule has 0 bridgehead atoms. The summed E-state index contributed by atoms with van der Waals surface area (Å²) in [6.45, 7) is 0. The summed E-state index contributed by atoms with van der Waals surface area (Å²) in [6.07, 6.45) is 3.38. The van der Waals surface area contributed by atoms with Crippen LogP contribution in [0.15, 0.2) is 23.8 Å². The zero-order chi connectivity index (χ0) is 8.55. The predicted molar refractivity (Wildman–Crippen MR) is 62.6 cm³/mol. The SMILES string of the molecule is Cl.Cl.NC(=O)c1csc2cnccc12. The van der Waals surface area contributed by atoms with Crippen molar-refractivity contribution in [1.82, 2.24) is 4.98 Å². The number of fused-ring (bicyclic) bond motifs is 1. The molecule has 0 unspecified atom stereocenters. The zero-order valence-corrected chi connectivity index (χ0v) is 9.42. The molecule has 0 spiro atoms. The van der Waals surface area contributed by atoms with Gasteiger partial charge in [0.15, 0.2) is 0 Å². The lowest BCUT2D eigenvalue weighted by Gasteiger charge is -1.90. The van der Waals surface area contributed by atoms with E-state index in [2.05, 4.69) is 4.98 Å². The molecular formula is C8H8Cl2N2OS. The van der Waals surface area contributed by atoms with Crippen LogP contribution >= 0.6 is 36.2 Å². The van der Waals surface area contributed by atoms with Gasteiger partial charge in [0.05, 0.1) is 10.3 Å². The number of hydrogen-bond donors (Lipinski definition) is 1. The van der Waals surface area contributed by atoms with Gasteiger partial charge in [-0.25, -0.2) is 0 Å². The van der Waals surface area contributed by atoms with Gasteiger partial charge in [0.1, 0.15) is 0 Å². The number of nitrogens with zero attached hydrogens (tertiary/aromatic N) is 1. The van der Waals surface area contributed by atoms with Gasteiger partial charge in [-0.2, -0.15) is 0 Å². The number of primary amides is 1. The first-order valence-corrected chi connectivity index (χ1v) is 4.28. The number of rotatable bonds is 1. The molecule has 0 atom stereocenters. The smallest absolute Gasteiger partial charge is 0.250 e. The fraction of sp³-hybridized carbons (Fsp3) is 0. The number of halogens is 2. The second-order valence-electron chi connectivity index (χ2n) is 2.39. The summed E-state index contributed by atoms with van der Waals surface area (Å²) in [4.78, 5) is 14.8. The summed E-state index contributed by atoms with van der Waals surface area (Å²) in [5.41, 5.74) is 5.75. The summed E-state index contributed by atoms with van der Waals surface area (Å²) in [5.74, 6) is -0.382. The van der Waals surface area contributed by atoms with Gasteiger partial charge in [-0.3, -0.25) is 9.78 Å². The molecule has 2 rings (SSSR count). The Bertz CT molecular complexity index is 444. The summed E-state index contributed by atoms with van der Waals surface area (Å²) >= 11 is 1.48. The third-order valence-electron chi connectivity index (χ3n) is 1.64. The third-order valence-corrected chi connectivity index (χ3v) is 2.58. The van der Waals surface area contributed by atoms with Crippen LogP contribution in [0.4, 0.5) is 0 Å². The van der Waals surface area contributed by atoms with Gasteiger partial charge in [-0.05, 0) is 6.07 Å². The number of carbonyl (C=O) groups excluding carboxylic acids is 1. The Morgan fingerprint density at radius 3 is 2.79 bits per heavy atom. The van der Waals surface area contributed by atoms with Crippen molar-refractivity contribution in [2.75, 3.05) is 0 Å². The van der Waals surface area contributed by atoms with Crippen molar-refractivity contribution in [1.29, 1.82) is 0 Å². The van der Waals surface area contributed by atoms with E-state index < -0.39 is 0 Å². The highest BCUT2D eigenvalue weighted by atomic mass is 35.5. The van der Waals surface area contributed by atoms with Gasteiger partial charge in [0, 0.05) is 23.2 Å². The standard InChI is InChI=1S/C8H6N2OS.2ClH/c9-8(11)6-4-12-7-3-10-2-1-5(6)7;;/h1-4H,(H2,9,11);2*1H. The fourth-order valence-corrected chi connectivity index (χ4v) is 1.99. The van der Waals surface area contributed by atoms with Gasteiger partial charge in [-0.15, -0.1) is 36.2 Å². The van der Waals surface area contributed by atoms with Crippen molar-refractivity contribution in [2.45, 2.75) is 0 Å². The van der Waals surface area contributed by atoms with Gasteiger partial charge in [0.25, 0.3) is 0 Å². The largest absolute Gasteiger partial charge is 0.366 e. The summed E-state index contributed by atoms with van der Waals surface area (Å²) in [7, 11) is 0. The van der Waals surface area contributed by atoms with E-state index in [1.54, 1.807) is 23.8 Å². The molecule has 76 valence electrons. The molecule has 2 aromatic rings. The predicted octanol–water partition coefficient (Wildman–Crippen LogP) is 2.24. The minimum Gasteiger partial charge on any atom is -0.366 e. The zero-order valence-electron chi connectivity index (χ0n) is 6.97. The third kappa shape index (κ3) is 2.15. The van der Waals surface area contributed by atoms with Gasteiger partial charge in [0.2, 0.25) is 5.91 Å². The average molecular weight is 251 g/mol. The molecule has 2 N–H and O–H groups in total. The van der Waals surface area contributed by atoms with Crippen LogP contribution in [0.2, 0.25) is 0 Å². The van der Waals surface area contributed by atoms with Gasteiger partial charge >= 0.3 is 0 Å². The van der Waals surface area contributed by atoms with Crippen LogP contribution in [0.3, 0.4) is 0 Å².